The predicted molar refractivity (Wildman–Crippen MR) is 107 cm³/mol. The summed E-state index contributed by atoms with van der Waals surface area (Å²) in [5, 5.41) is 6.90. The minimum Gasteiger partial charge on any atom is -0.373 e. The van der Waals surface area contributed by atoms with Crippen molar-refractivity contribution in [1.82, 2.24) is 10.6 Å². The molecule has 1 aromatic rings. The number of nitrogens with one attached hydrogen (secondary N) is 2. The third-order valence-electron chi connectivity index (χ3n) is 5.19. The molecule has 2 saturated heterocycles. The molecule has 2 unspecified atom stereocenters. The van der Waals surface area contributed by atoms with E-state index in [9.17, 15) is 0 Å². The van der Waals surface area contributed by atoms with E-state index in [-0.39, 0.29) is 5.60 Å². The fourth-order valence-electron chi connectivity index (χ4n) is 3.59. The van der Waals surface area contributed by atoms with Crippen molar-refractivity contribution in [2.24, 2.45) is 10.9 Å². The van der Waals surface area contributed by atoms with Crippen LogP contribution in [0, 0.1) is 5.92 Å². The standard InChI is InChI=1S/C19H29BrN4O/c1-19(9-3-11-25-19)14-23-18(21-2)22-12-15-8-10-24(13-15)17-6-4-16(20)5-7-17/h4-7,15H,3,8-14H2,1-2H3,(H2,21,22,23). The third kappa shape index (κ3) is 5.11. The molecule has 5 nitrogen and oxygen atoms in total. The van der Waals surface area contributed by atoms with Crippen LogP contribution in [-0.4, -0.2) is 51.4 Å². The van der Waals surface area contributed by atoms with Gasteiger partial charge in [0.25, 0.3) is 0 Å². The Morgan fingerprint density at radius 3 is 2.84 bits per heavy atom. The van der Waals surface area contributed by atoms with Crippen molar-refractivity contribution in [3.63, 3.8) is 0 Å². The zero-order chi connectivity index (χ0) is 17.7. The number of benzene rings is 1. The second-order valence-electron chi connectivity index (χ2n) is 7.29. The number of hydrogen-bond acceptors (Lipinski definition) is 3. The van der Waals surface area contributed by atoms with Crippen LogP contribution in [0.2, 0.25) is 0 Å². The van der Waals surface area contributed by atoms with Gasteiger partial charge in [0.2, 0.25) is 0 Å². The monoisotopic (exact) mass is 408 g/mol. The van der Waals surface area contributed by atoms with Gasteiger partial charge in [0.05, 0.1) is 5.60 Å². The van der Waals surface area contributed by atoms with Gasteiger partial charge >= 0.3 is 0 Å². The van der Waals surface area contributed by atoms with Gasteiger partial charge in [-0.15, -0.1) is 0 Å². The van der Waals surface area contributed by atoms with Crippen molar-refractivity contribution < 1.29 is 4.74 Å². The molecule has 25 heavy (non-hydrogen) atoms. The lowest BCUT2D eigenvalue weighted by Crippen LogP contribution is -2.46. The van der Waals surface area contributed by atoms with Crippen LogP contribution in [0.5, 0.6) is 0 Å². The molecule has 6 heteroatoms. The van der Waals surface area contributed by atoms with E-state index in [2.05, 4.69) is 67.6 Å². The second kappa shape index (κ2) is 8.41. The Balaban J connectivity index is 1.42. The number of halogens is 1. The lowest BCUT2D eigenvalue weighted by Gasteiger charge is -2.25. The molecule has 0 amide bonds. The molecule has 2 fully saturated rings. The summed E-state index contributed by atoms with van der Waals surface area (Å²) >= 11 is 3.50. The van der Waals surface area contributed by atoms with Gasteiger partial charge in [-0.1, -0.05) is 15.9 Å². The van der Waals surface area contributed by atoms with Gasteiger partial charge in [-0.05, 0) is 56.4 Å². The summed E-state index contributed by atoms with van der Waals surface area (Å²) in [6.07, 6.45) is 3.47. The highest BCUT2D eigenvalue weighted by Crippen LogP contribution is 2.25. The van der Waals surface area contributed by atoms with E-state index in [0.717, 1.165) is 56.1 Å². The van der Waals surface area contributed by atoms with Gasteiger partial charge in [0, 0.05) is 50.0 Å². The molecule has 0 radical (unpaired) electrons. The summed E-state index contributed by atoms with van der Waals surface area (Å²) in [4.78, 5) is 6.81. The number of ether oxygens (including phenoxy) is 1. The smallest absolute Gasteiger partial charge is 0.191 e. The number of aliphatic imine (C=N–C) groups is 1. The fraction of sp³-hybridized carbons (Fsp3) is 0.632. The van der Waals surface area contributed by atoms with Gasteiger partial charge < -0.3 is 20.3 Å². The highest BCUT2D eigenvalue weighted by molar-refractivity contribution is 9.10. The fourth-order valence-corrected chi connectivity index (χ4v) is 3.86. The van der Waals surface area contributed by atoms with E-state index in [4.69, 9.17) is 4.74 Å². The molecule has 0 aliphatic carbocycles. The Kier molecular flexibility index (Phi) is 6.23. The molecule has 2 atom stereocenters. The highest BCUT2D eigenvalue weighted by Gasteiger charge is 2.30. The van der Waals surface area contributed by atoms with Gasteiger partial charge in [-0.25, -0.2) is 0 Å². The van der Waals surface area contributed by atoms with E-state index < -0.39 is 0 Å². The summed E-state index contributed by atoms with van der Waals surface area (Å²) in [5.41, 5.74) is 1.25. The zero-order valence-electron chi connectivity index (χ0n) is 15.2. The molecule has 2 aliphatic heterocycles. The molecule has 1 aromatic carbocycles. The van der Waals surface area contributed by atoms with E-state index in [1.54, 1.807) is 0 Å². The number of nitrogens with zero attached hydrogens (tertiary/aromatic N) is 2. The number of anilines is 1. The molecule has 138 valence electrons. The molecule has 0 saturated carbocycles. The number of guanidine groups is 1. The van der Waals surface area contributed by atoms with Gasteiger partial charge in [-0.2, -0.15) is 0 Å². The van der Waals surface area contributed by atoms with Crippen LogP contribution in [-0.2, 0) is 4.74 Å². The van der Waals surface area contributed by atoms with Crippen LogP contribution in [0.15, 0.2) is 33.7 Å². The summed E-state index contributed by atoms with van der Waals surface area (Å²) in [5.74, 6) is 1.51. The van der Waals surface area contributed by atoms with E-state index >= 15 is 0 Å². The van der Waals surface area contributed by atoms with Crippen LogP contribution in [0.25, 0.3) is 0 Å². The first-order valence-corrected chi connectivity index (χ1v) is 9.96. The van der Waals surface area contributed by atoms with E-state index in [0.29, 0.717) is 5.92 Å². The normalized spacial score (nSPS) is 26.9. The van der Waals surface area contributed by atoms with Crippen LogP contribution >= 0.6 is 15.9 Å². The third-order valence-corrected chi connectivity index (χ3v) is 5.72. The predicted octanol–water partition coefficient (Wildman–Crippen LogP) is 3.01. The Labute approximate surface area is 159 Å². The minimum absolute atomic E-state index is 0.0522. The molecule has 0 aromatic heterocycles. The van der Waals surface area contributed by atoms with Crippen LogP contribution in [0.4, 0.5) is 5.69 Å². The molecular formula is C19H29BrN4O. The largest absolute Gasteiger partial charge is 0.373 e. The van der Waals surface area contributed by atoms with Crippen LogP contribution < -0.4 is 15.5 Å². The average Bonchev–Trinajstić information content (AvgIpc) is 3.25. The summed E-state index contributed by atoms with van der Waals surface area (Å²) in [6, 6.07) is 8.59. The Bertz CT molecular complexity index is 584. The Hall–Kier alpha value is -1.27. The Morgan fingerprint density at radius 2 is 2.16 bits per heavy atom. The molecule has 2 N–H and O–H groups in total. The van der Waals surface area contributed by atoms with Gasteiger partial charge in [-0.3, -0.25) is 4.99 Å². The van der Waals surface area contributed by atoms with E-state index in [1.165, 1.54) is 12.1 Å². The maximum atomic E-state index is 5.83. The van der Waals surface area contributed by atoms with E-state index in [1.807, 2.05) is 7.05 Å². The van der Waals surface area contributed by atoms with Crippen molar-refractivity contribution in [1.29, 1.82) is 0 Å². The quantitative estimate of drug-likeness (QED) is 0.580. The molecule has 3 rings (SSSR count). The highest BCUT2D eigenvalue weighted by atomic mass is 79.9. The zero-order valence-corrected chi connectivity index (χ0v) is 16.8. The van der Waals surface area contributed by atoms with Crippen molar-refractivity contribution in [3.8, 4) is 0 Å². The van der Waals surface area contributed by atoms with Crippen molar-refractivity contribution >= 4 is 27.6 Å². The topological polar surface area (TPSA) is 48.9 Å². The number of rotatable bonds is 5. The molecule has 2 aliphatic rings. The molecule has 2 heterocycles. The first-order valence-electron chi connectivity index (χ1n) is 9.17. The van der Waals surface area contributed by atoms with Crippen LogP contribution in [0.1, 0.15) is 26.2 Å². The SMILES string of the molecule is CN=C(NCC1CCN(c2ccc(Br)cc2)C1)NCC1(C)CCCO1. The molecule has 0 bridgehead atoms. The molecular weight excluding hydrogens is 380 g/mol. The first kappa shape index (κ1) is 18.5. The Morgan fingerprint density at radius 1 is 1.36 bits per heavy atom. The molecule has 0 spiro atoms. The van der Waals surface area contributed by atoms with Crippen molar-refractivity contribution in [2.45, 2.75) is 31.8 Å². The lowest BCUT2D eigenvalue weighted by atomic mass is 10.0. The van der Waals surface area contributed by atoms with Gasteiger partial charge in [0.15, 0.2) is 5.96 Å². The van der Waals surface area contributed by atoms with Crippen molar-refractivity contribution in [2.75, 3.05) is 44.7 Å². The second-order valence-corrected chi connectivity index (χ2v) is 8.20. The maximum Gasteiger partial charge on any atom is 0.191 e. The van der Waals surface area contributed by atoms with Crippen molar-refractivity contribution in [3.05, 3.63) is 28.7 Å². The maximum absolute atomic E-state index is 5.83. The average molecular weight is 409 g/mol. The lowest BCUT2D eigenvalue weighted by molar-refractivity contribution is 0.0243. The summed E-state index contributed by atoms with van der Waals surface area (Å²) < 4.78 is 6.96. The first-order chi connectivity index (χ1) is 12.1. The number of hydrogen-bond donors (Lipinski definition) is 2. The minimum atomic E-state index is -0.0522. The summed E-state index contributed by atoms with van der Waals surface area (Å²) in [7, 11) is 1.83. The van der Waals surface area contributed by atoms with Gasteiger partial charge in [0.1, 0.15) is 0 Å². The summed E-state index contributed by atoms with van der Waals surface area (Å²) in [6.45, 7) is 7.01. The van der Waals surface area contributed by atoms with Crippen LogP contribution in [0.3, 0.4) is 0 Å².